The first-order valence-corrected chi connectivity index (χ1v) is 9.93. The first kappa shape index (κ1) is 18.4. The average Bonchev–Trinajstić information content (AvgIpc) is 3.13. The van der Waals surface area contributed by atoms with Crippen LogP contribution in [0.25, 0.3) is 0 Å². The van der Waals surface area contributed by atoms with Crippen LogP contribution in [-0.2, 0) is 4.79 Å². The SMILES string of the molecule is COc1ccccc1C1C(C#N)=C(N)N(c2n[nH]c(=S)s2)C2=C1C(=O)CCC2. The van der Waals surface area contributed by atoms with Crippen molar-refractivity contribution in [3.8, 4) is 11.8 Å². The number of hydrogen-bond acceptors (Lipinski definition) is 8. The average molecular weight is 412 g/mol. The van der Waals surface area contributed by atoms with Crippen molar-refractivity contribution in [2.45, 2.75) is 25.2 Å². The summed E-state index contributed by atoms with van der Waals surface area (Å²) in [6.45, 7) is 0. The number of nitrogens with zero attached hydrogens (tertiary/aromatic N) is 3. The molecule has 1 aliphatic heterocycles. The van der Waals surface area contributed by atoms with Crippen molar-refractivity contribution >= 4 is 34.5 Å². The van der Waals surface area contributed by atoms with Crippen LogP contribution in [0.2, 0.25) is 0 Å². The van der Waals surface area contributed by atoms with E-state index >= 15 is 0 Å². The number of benzene rings is 1. The van der Waals surface area contributed by atoms with E-state index < -0.39 is 5.92 Å². The number of nitriles is 1. The van der Waals surface area contributed by atoms with Crippen LogP contribution in [0.5, 0.6) is 5.75 Å². The Bertz CT molecular complexity index is 1120. The Labute approximate surface area is 170 Å². The van der Waals surface area contributed by atoms with E-state index in [2.05, 4.69) is 16.3 Å². The molecule has 0 saturated heterocycles. The zero-order valence-electron chi connectivity index (χ0n) is 15.1. The van der Waals surface area contributed by atoms with E-state index in [4.69, 9.17) is 22.7 Å². The number of nitrogens with two attached hydrogens (primary N) is 1. The molecule has 3 N–H and O–H groups in total. The predicted octanol–water partition coefficient (Wildman–Crippen LogP) is 3.51. The van der Waals surface area contributed by atoms with Crippen LogP contribution in [0.15, 0.2) is 46.9 Å². The molecule has 1 unspecified atom stereocenters. The molecule has 7 nitrogen and oxygen atoms in total. The number of hydrogen-bond donors (Lipinski definition) is 2. The lowest BCUT2D eigenvalue weighted by atomic mass is 9.75. The molecule has 2 heterocycles. The number of nitrogens with one attached hydrogen (secondary N) is 1. The molecule has 1 aliphatic carbocycles. The number of para-hydroxylation sites is 1. The molecule has 2 aromatic rings. The smallest absolute Gasteiger partial charge is 0.216 e. The second-order valence-electron chi connectivity index (χ2n) is 6.45. The third kappa shape index (κ3) is 2.82. The number of ether oxygens (including phenoxy) is 1. The predicted molar refractivity (Wildman–Crippen MR) is 108 cm³/mol. The van der Waals surface area contributed by atoms with Gasteiger partial charge in [0, 0.05) is 23.3 Å². The number of methoxy groups -OCH3 is 1. The summed E-state index contributed by atoms with van der Waals surface area (Å²) in [5.74, 6) is 0.334. The van der Waals surface area contributed by atoms with Crippen molar-refractivity contribution in [2.24, 2.45) is 5.73 Å². The number of aromatic amines is 1. The first-order valence-electron chi connectivity index (χ1n) is 8.71. The monoisotopic (exact) mass is 411 g/mol. The molecule has 1 aromatic carbocycles. The third-order valence-electron chi connectivity index (χ3n) is 4.98. The fourth-order valence-corrected chi connectivity index (χ4v) is 4.76. The summed E-state index contributed by atoms with van der Waals surface area (Å²) in [5.41, 5.74) is 8.88. The lowest BCUT2D eigenvalue weighted by Crippen LogP contribution is -2.38. The number of carbonyl (C=O) groups excluding carboxylic acids is 1. The van der Waals surface area contributed by atoms with Gasteiger partial charge in [-0.25, -0.2) is 0 Å². The van der Waals surface area contributed by atoms with E-state index in [1.165, 1.54) is 11.3 Å². The van der Waals surface area contributed by atoms with Gasteiger partial charge in [0.2, 0.25) is 5.13 Å². The summed E-state index contributed by atoms with van der Waals surface area (Å²) >= 11 is 6.41. The summed E-state index contributed by atoms with van der Waals surface area (Å²) in [5, 5.41) is 17.5. The number of Topliss-reactive ketones (excluding diaryl/α,β-unsaturated/α-hetero) is 1. The maximum absolute atomic E-state index is 13.0. The van der Waals surface area contributed by atoms with E-state index in [0.29, 0.717) is 38.8 Å². The third-order valence-corrected chi connectivity index (χ3v) is 6.06. The lowest BCUT2D eigenvalue weighted by Gasteiger charge is -2.38. The Kier molecular flexibility index (Phi) is 4.75. The Morgan fingerprint density at radius 3 is 2.89 bits per heavy atom. The summed E-state index contributed by atoms with van der Waals surface area (Å²) in [6.07, 6.45) is 1.82. The highest BCUT2D eigenvalue weighted by atomic mass is 32.1. The van der Waals surface area contributed by atoms with Crippen molar-refractivity contribution in [3.05, 3.63) is 56.4 Å². The van der Waals surface area contributed by atoms with E-state index in [1.807, 2.05) is 24.3 Å². The van der Waals surface area contributed by atoms with Gasteiger partial charge in [0.1, 0.15) is 11.6 Å². The quantitative estimate of drug-likeness (QED) is 0.744. The minimum Gasteiger partial charge on any atom is -0.496 e. The molecule has 0 amide bonds. The van der Waals surface area contributed by atoms with Gasteiger partial charge in [-0.15, -0.1) is 5.10 Å². The van der Waals surface area contributed by atoms with Crippen LogP contribution in [-0.4, -0.2) is 23.1 Å². The molecule has 9 heteroatoms. The number of anilines is 1. The maximum Gasteiger partial charge on any atom is 0.216 e. The summed E-state index contributed by atoms with van der Waals surface area (Å²) in [7, 11) is 1.57. The second kappa shape index (κ2) is 7.22. The van der Waals surface area contributed by atoms with Crippen LogP contribution < -0.4 is 15.4 Å². The molecule has 0 saturated carbocycles. The van der Waals surface area contributed by atoms with E-state index in [1.54, 1.807) is 12.0 Å². The Morgan fingerprint density at radius 1 is 1.43 bits per heavy atom. The fraction of sp³-hybridized carbons (Fsp3) is 0.263. The molecule has 0 radical (unpaired) electrons. The van der Waals surface area contributed by atoms with Gasteiger partial charge >= 0.3 is 0 Å². The van der Waals surface area contributed by atoms with Crippen molar-refractivity contribution < 1.29 is 9.53 Å². The molecule has 1 aromatic heterocycles. The van der Waals surface area contributed by atoms with Gasteiger partial charge in [0.25, 0.3) is 0 Å². The zero-order valence-corrected chi connectivity index (χ0v) is 16.7. The fourth-order valence-electron chi connectivity index (χ4n) is 3.84. The van der Waals surface area contributed by atoms with Gasteiger partial charge in [-0.2, -0.15) is 5.26 Å². The van der Waals surface area contributed by atoms with Crippen LogP contribution in [0.1, 0.15) is 30.7 Å². The number of aromatic nitrogens is 2. The topological polar surface area (TPSA) is 108 Å². The van der Waals surface area contributed by atoms with Crippen molar-refractivity contribution in [1.29, 1.82) is 5.26 Å². The summed E-state index contributed by atoms with van der Waals surface area (Å²) in [4.78, 5) is 14.7. The van der Waals surface area contributed by atoms with E-state index in [9.17, 15) is 10.1 Å². The molecule has 28 heavy (non-hydrogen) atoms. The molecular formula is C19H17N5O2S2. The van der Waals surface area contributed by atoms with Gasteiger partial charge in [0.05, 0.1) is 24.7 Å². The molecule has 2 aliphatic rings. The van der Waals surface area contributed by atoms with Crippen molar-refractivity contribution in [1.82, 2.24) is 10.2 Å². The highest BCUT2D eigenvalue weighted by Gasteiger charge is 2.41. The minimum atomic E-state index is -0.563. The molecule has 1 atom stereocenters. The molecule has 0 bridgehead atoms. The van der Waals surface area contributed by atoms with Crippen LogP contribution >= 0.6 is 23.6 Å². The molecule has 0 fully saturated rings. The van der Waals surface area contributed by atoms with Crippen molar-refractivity contribution in [3.63, 3.8) is 0 Å². The number of ketones is 1. The molecular weight excluding hydrogens is 394 g/mol. The van der Waals surface area contributed by atoms with Gasteiger partial charge in [0.15, 0.2) is 9.74 Å². The summed E-state index contributed by atoms with van der Waals surface area (Å²) < 4.78 is 6.00. The number of rotatable bonds is 3. The molecule has 0 spiro atoms. The minimum absolute atomic E-state index is 0.0153. The number of H-pyrrole nitrogens is 1. The largest absolute Gasteiger partial charge is 0.496 e. The van der Waals surface area contributed by atoms with Gasteiger partial charge in [-0.3, -0.25) is 14.8 Å². The van der Waals surface area contributed by atoms with E-state index in [0.717, 1.165) is 17.7 Å². The van der Waals surface area contributed by atoms with Crippen molar-refractivity contribution in [2.75, 3.05) is 12.0 Å². The first-order chi connectivity index (χ1) is 13.6. The summed E-state index contributed by atoms with van der Waals surface area (Å²) in [6, 6.07) is 9.63. The Hall–Kier alpha value is -2.96. The Morgan fingerprint density at radius 2 is 2.21 bits per heavy atom. The molecule has 142 valence electrons. The van der Waals surface area contributed by atoms with Crippen LogP contribution in [0, 0.1) is 15.3 Å². The van der Waals surface area contributed by atoms with Crippen LogP contribution in [0.4, 0.5) is 5.13 Å². The number of allylic oxidation sites excluding steroid dienone is 3. The molecule has 4 rings (SSSR count). The number of carbonyl (C=O) groups is 1. The normalized spacial score (nSPS) is 19.5. The highest BCUT2D eigenvalue weighted by Crippen LogP contribution is 2.48. The van der Waals surface area contributed by atoms with Crippen LogP contribution in [0.3, 0.4) is 0 Å². The van der Waals surface area contributed by atoms with E-state index in [-0.39, 0.29) is 11.6 Å². The highest BCUT2D eigenvalue weighted by molar-refractivity contribution is 7.73. The van der Waals surface area contributed by atoms with Gasteiger partial charge < -0.3 is 10.5 Å². The Balaban J connectivity index is 2.00. The lowest BCUT2D eigenvalue weighted by molar-refractivity contribution is -0.116. The van der Waals surface area contributed by atoms with Gasteiger partial charge in [-0.05, 0) is 31.1 Å². The van der Waals surface area contributed by atoms with Gasteiger partial charge in [-0.1, -0.05) is 29.5 Å². The maximum atomic E-state index is 13.0. The second-order valence-corrected chi connectivity index (χ2v) is 8.10. The standard InChI is InChI=1S/C19H17N5O2S2/c1-26-14-8-3-2-5-10(14)15-11(9-20)17(21)24(18-22-23-19(27)28-18)12-6-4-7-13(25)16(12)15/h2-3,5,8,15H,4,6-7,21H2,1H3,(H,23,27). The zero-order chi connectivity index (χ0) is 19.8.